The smallest absolute Gasteiger partial charge is 0.132 e. The minimum Gasteiger partial charge on any atom is -0.271 e. The van der Waals surface area contributed by atoms with Crippen molar-refractivity contribution in [2.45, 2.75) is 19.4 Å². The van der Waals surface area contributed by atoms with Gasteiger partial charge in [-0.25, -0.2) is 8.78 Å². The summed E-state index contributed by atoms with van der Waals surface area (Å²) < 4.78 is 28.3. The Kier molecular flexibility index (Phi) is 4.86. The van der Waals surface area contributed by atoms with Crippen molar-refractivity contribution < 1.29 is 8.78 Å². The van der Waals surface area contributed by atoms with E-state index < -0.39 is 17.7 Å². The van der Waals surface area contributed by atoms with Gasteiger partial charge in [0.05, 0.1) is 6.04 Å². The Bertz CT molecular complexity index is 594. The number of benzene rings is 2. The van der Waals surface area contributed by atoms with Crippen LogP contribution in [0.2, 0.25) is 0 Å². The Hall–Kier alpha value is -1.30. The maximum Gasteiger partial charge on any atom is 0.132 e. The van der Waals surface area contributed by atoms with E-state index in [2.05, 4.69) is 21.4 Å². The molecule has 0 saturated carbocycles. The standard InChI is InChI=1S/C15H15BrF2N2/c1-9-4-2-3-5-10(9)6-14(20-19)15-12(17)7-11(16)8-13(15)18/h2-5,7-8,14,20H,6,19H2,1H3. The van der Waals surface area contributed by atoms with Gasteiger partial charge in [-0.3, -0.25) is 11.3 Å². The van der Waals surface area contributed by atoms with Gasteiger partial charge in [-0.05, 0) is 36.6 Å². The molecule has 20 heavy (non-hydrogen) atoms. The monoisotopic (exact) mass is 340 g/mol. The number of rotatable bonds is 4. The molecule has 3 N–H and O–H groups in total. The minimum atomic E-state index is -0.621. The lowest BCUT2D eigenvalue weighted by molar-refractivity contribution is 0.472. The number of halogens is 3. The molecular weight excluding hydrogens is 326 g/mol. The third-order valence-corrected chi connectivity index (χ3v) is 3.74. The molecule has 0 heterocycles. The fourth-order valence-corrected chi connectivity index (χ4v) is 2.59. The average Bonchev–Trinajstić information content (AvgIpc) is 2.38. The number of hydrogen-bond acceptors (Lipinski definition) is 2. The van der Waals surface area contributed by atoms with Crippen LogP contribution < -0.4 is 11.3 Å². The first-order valence-corrected chi connectivity index (χ1v) is 6.97. The quantitative estimate of drug-likeness (QED) is 0.656. The molecule has 2 rings (SSSR count). The second kappa shape index (κ2) is 6.43. The molecule has 2 aromatic carbocycles. The molecule has 0 spiro atoms. The number of aryl methyl sites for hydroxylation is 1. The van der Waals surface area contributed by atoms with Crippen molar-refractivity contribution in [3.05, 3.63) is 69.2 Å². The first-order chi connectivity index (χ1) is 9.52. The largest absolute Gasteiger partial charge is 0.271 e. The van der Waals surface area contributed by atoms with Crippen molar-refractivity contribution in [3.8, 4) is 0 Å². The molecule has 0 amide bonds. The van der Waals surface area contributed by atoms with Crippen LogP contribution >= 0.6 is 15.9 Å². The molecule has 106 valence electrons. The molecule has 0 saturated heterocycles. The van der Waals surface area contributed by atoms with Gasteiger partial charge >= 0.3 is 0 Å². The van der Waals surface area contributed by atoms with Gasteiger partial charge in [0.25, 0.3) is 0 Å². The Morgan fingerprint density at radius 1 is 1.20 bits per heavy atom. The fraction of sp³-hybridized carbons (Fsp3) is 0.200. The van der Waals surface area contributed by atoms with Crippen LogP contribution in [0.15, 0.2) is 40.9 Å². The topological polar surface area (TPSA) is 38.0 Å². The zero-order chi connectivity index (χ0) is 14.7. The summed E-state index contributed by atoms with van der Waals surface area (Å²) in [7, 11) is 0. The van der Waals surface area contributed by atoms with Crippen LogP contribution in [0, 0.1) is 18.6 Å². The predicted octanol–water partition coefficient (Wildman–Crippen LogP) is 3.78. The molecule has 1 atom stereocenters. The van der Waals surface area contributed by atoms with Crippen LogP contribution in [0.25, 0.3) is 0 Å². The van der Waals surface area contributed by atoms with Crippen molar-refractivity contribution >= 4 is 15.9 Å². The van der Waals surface area contributed by atoms with Crippen molar-refractivity contribution in [3.63, 3.8) is 0 Å². The molecule has 0 aliphatic rings. The lowest BCUT2D eigenvalue weighted by Crippen LogP contribution is -2.31. The Balaban J connectivity index is 2.37. The summed E-state index contributed by atoms with van der Waals surface area (Å²) >= 11 is 3.06. The highest BCUT2D eigenvalue weighted by atomic mass is 79.9. The third-order valence-electron chi connectivity index (χ3n) is 3.28. The zero-order valence-corrected chi connectivity index (χ0v) is 12.5. The molecule has 2 nitrogen and oxygen atoms in total. The van der Waals surface area contributed by atoms with Crippen LogP contribution in [-0.2, 0) is 6.42 Å². The van der Waals surface area contributed by atoms with Crippen molar-refractivity contribution in [2.24, 2.45) is 5.84 Å². The minimum absolute atomic E-state index is 0.0426. The van der Waals surface area contributed by atoms with E-state index in [1.807, 2.05) is 31.2 Å². The van der Waals surface area contributed by atoms with Crippen molar-refractivity contribution in [2.75, 3.05) is 0 Å². The molecule has 1 unspecified atom stereocenters. The van der Waals surface area contributed by atoms with Gasteiger partial charge in [0, 0.05) is 10.0 Å². The van der Waals surface area contributed by atoms with Crippen molar-refractivity contribution in [1.29, 1.82) is 0 Å². The zero-order valence-electron chi connectivity index (χ0n) is 11.0. The van der Waals surface area contributed by atoms with E-state index in [0.29, 0.717) is 10.9 Å². The third kappa shape index (κ3) is 3.23. The second-order valence-corrected chi connectivity index (χ2v) is 5.55. The first-order valence-electron chi connectivity index (χ1n) is 6.18. The maximum absolute atomic E-state index is 14.0. The van der Waals surface area contributed by atoms with E-state index in [4.69, 9.17) is 5.84 Å². The highest BCUT2D eigenvalue weighted by molar-refractivity contribution is 9.10. The molecule has 0 fully saturated rings. The molecular formula is C15H15BrF2N2. The van der Waals surface area contributed by atoms with Crippen LogP contribution in [0.5, 0.6) is 0 Å². The van der Waals surface area contributed by atoms with Crippen LogP contribution in [-0.4, -0.2) is 0 Å². The SMILES string of the molecule is Cc1ccccc1CC(NN)c1c(F)cc(Br)cc1F. The van der Waals surface area contributed by atoms with Crippen LogP contribution in [0.1, 0.15) is 22.7 Å². The van der Waals surface area contributed by atoms with E-state index >= 15 is 0 Å². The van der Waals surface area contributed by atoms with Crippen molar-refractivity contribution in [1.82, 2.24) is 5.43 Å². The molecule has 0 radical (unpaired) electrons. The normalized spacial score (nSPS) is 12.4. The molecule has 2 aromatic rings. The van der Waals surface area contributed by atoms with Gasteiger partial charge < -0.3 is 0 Å². The van der Waals surface area contributed by atoms with E-state index in [1.54, 1.807) is 0 Å². The highest BCUT2D eigenvalue weighted by Crippen LogP contribution is 2.27. The summed E-state index contributed by atoms with van der Waals surface area (Å²) in [6.45, 7) is 1.96. The van der Waals surface area contributed by atoms with Gasteiger partial charge in [-0.2, -0.15) is 0 Å². The van der Waals surface area contributed by atoms with E-state index in [-0.39, 0.29) is 5.56 Å². The molecule has 0 aliphatic carbocycles. The van der Waals surface area contributed by atoms with Gasteiger partial charge in [0.1, 0.15) is 11.6 Å². The molecule has 0 aromatic heterocycles. The lowest BCUT2D eigenvalue weighted by Gasteiger charge is -2.19. The maximum atomic E-state index is 14.0. The van der Waals surface area contributed by atoms with Gasteiger partial charge in [-0.1, -0.05) is 40.2 Å². The molecule has 0 bridgehead atoms. The molecule has 5 heteroatoms. The lowest BCUT2D eigenvalue weighted by atomic mass is 9.96. The Morgan fingerprint density at radius 2 is 1.80 bits per heavy atom. The van der Waals surface area contributed by atoms with Gasteiger partial charge in [-0.15, -0.1) is 0 Å². The Morgan fingerprint density at radius 3 is 2.35 bits per heavy atom. The van der Waals surface area contributed by atoms with E-state index in [9.17, 15) is 8.78 Å². The fourth-order valence-electron chi connectivity index (χ4n) is 2.19. The average molecular weight is 341 g/mol. The summed E-state index contributed by atoms with van der Waals surface area (Å²) in [6, 6.07) is 9.55. The number of hydrogen-bond donors (Lipinski definition) is 2. The first kappa shape index (κ1) is 15.1. The summed E-state index contributed by atoms with van der Waals surface area (Å²) in [5.74, 6) is 4.25. The number of hydrazine groups is 1. The van der Waals surface area contributed by atoms with E-state index in [1.165, 1.54) is 12.1 Å². The molecule has 0 aliphatic heterocycles. The summed E-state index contributed by atoms with van der Waals surface area (Å²) in [4.78, 5) is 0. The summed E-state index contributed by atoms with van der Waals surface area (Å²) in [6.07, 6.45) is 0.415. The van der Waals surface area contributed by atoms with Gasteiger partial charge in [0.15, 0.2) is 0 Å². The summed E-state index contributed by atoms with van der Waals surface area (Å²) in [5.41, 5.74) is 4.52. The second-order valence-electron chi connectivity index (χ2n) is 4.63. The van der Waals surface area contributed by atoms with Gasteiger partial charge in [0.2, 0.25) is 0 Å². The number of nitrogens with one attached hydrogen (secondary N) is 1. The number of nitrogens with two attached hydrogens (primary N) is 1. The highest BCUT2D eigenvalue weighted by Gasteiger charge is 2.21. The Labute approximate surface area is 125 Å². The van der Waals surface area contributed by atoms with E-state index in [0.717, 1.165) is 11.1 Å². The van der Waals surface area contributed by atoms with Crippen LogP contribution in [0.4, 0.5) is 8.78 Å². The van der Waals surface area contributed by atoms with Crippen LogP contribution in [0.3, 0.4) is 0 Å². The predicted molar refractivity (Wildman–Crippen MR) is 79.0 cm³/mol. The summed E-state index contributed by atoms with van der Waals surface area (Å²) in [5, 5.41) is 0.